The summed E-state index contributed by atoms with van der Waals surface area (Å²) < 4.78 is 1.72. The van der Waals surface area contributed by atoms with E-state index in [-0.39, 0.29) is 17.6 Å². The average Bonchev–Trinajstić information content (AvgIpc) is 3.03. The van der Waals surface area contributed by atoms with E-state index in [4.69, 9.17) is 5.73 Å². The highest BCUT2D eigenvalue weighted by molar-refractivity contribution is 6.01. The van der Waals surface area contributed by atoms with E-state index in [1.165, 1.54) is 0 Å². The summed E-state index contributed by atoms with van der Waals surface area (Å²) in [6, 6.07) is 0. The van der Waals surface area contributed by atoms with Gasteiger partial charge >= 0.3 is 0 Å². The van der Waals surface area contributed by atoms with Gasteiger partial charge in [-0.25, -0.2) is 0 Å². The Morgan fingerprint density at radius 3 is 2.56 bits per heavy atom. The van der Waals surface area contributed by atoms with Crippen molar-refractivity contribution < 1.29 is 14.4 Å². The molecule has 3 N–H and O–H groups in total. The molecular formula is C17H29N5O3. The van der Waals surface area contributed by atoms with Crippen molar-refractivity contribution in [2.75, 3.05) is 6.54 Å². The van der Waals surface area contributed by atoms with E-state index in [2.05, 4.69) is 15.6 Å². The number of aromatic nitrogens is 3. The number of unbranched alkanes of at least 4 members (excludes halogenated alkanes) is 1. The lowest BCUT2D eigenvalue weighted by atomic mass is 9.90. The first-order chi connectivity index (χ1) is 11.8. The SMILES string of the molecule is CCn1cc(CCC(=O)NCCCCC(C(N)=O)C(=O)C(C)C)nn1. The summed E-state index contributed by atoms with van der Waals surface area (Å²) in [7, 11) is 0. The molecule has 140 valence electrons. The van der Waals surface area contributed by atoms with Crippen LogP contribution in [0.15, 0.2) is 6.20 Å². The molecular weight excluding hydrogens is 322 g/mol. The van der Waals surface area contributed by atoms with Crippen molar-refractivity contribution in [3.8, 4) is 0 Å². The Morgan fingerprint density at radius 2 is 2.00 bits per heavy atom. The molecule has 1 rings (SSSR count). The van der Waals surface area contributed by atoms with Crippen LogP contribution in [0.25, 0.3) is 0 Å². The minimum atomic E-state index is -0.725. The maximum absolute atomic E-state index is 11.9. The highest BCUT2D eigenvalue weighted by atomic mass is 16.2. The molecule has 1 unspecified atom stereocenters. The van der Waals surface area contributed by atoms with E-state index in [0.29, 0.717) is 38.6 Å². The van der Waals surface area contributed by atoms with Crippen LogP contribution >= 0.6 is 0 Å². The predicted octanol–water partition coefficient (Wildman–Crippen LogP) is 0.844. The zero-order valence-electron chi connectivity index (χ0n) is 15.3. The van der Waals surface area contributed by atoms with Crippen molar-refractivity contribution in [3.05, 3.63) is 11.9 Å². The number of rotatable bonds is 12. The molecule has 0 aliphatic rings. The Morgan fingerprint density at radius 1 is 1.28 bits per heavy atom. The van der Waals surface area contributed by atoms with Gasteiger partial charge < -0.3 is 11.1 Å². The number of nitrogens with one attached hydrogen (secondary N) is 1. The monoisotopic (exact) mass is 351 g/mol. The van der Waals surface area contributed by atoms with Crippen LogP contribution in [0, 0.1) is 11.8 Å². The molecule has 0 spiro atoms. The lowest BCUT2D eigenvalue weighted by Gasteiger charge is -2.14. The summed E-state index contributed by atoms with van der Waals surface area (Å²) >= 11 is 0. The Bertz CT molecular complexity index is 583. The standard InChI is InChI=1S/C17H29N5O3/c1-4-22-11-13(20-21-22)8-9-15(23)19-10-6-5-7-14(17(18)25)16(24)12(2)3/h11-12,14H,4-10H2,1-3H3,(H2,18,25)(H,19,23). The number of carbonyl (C=O) groups is 3. The first kappa shape index (κ1) is 20.8. The van der Waals surface area contributed by atoms with Crippen LogP contribution in [0.3, 0.4) is 0 Å². The van der Waals surface area contributed by atoms with Gasteiger partial charge in [0.15, 0.2) is 0 Å². The third-order valence-electron chi connectivity index (χ3n) is 4.02. The number of aryl methyl sites for hydroxylation is 2. The van der Waals surface area contributed by atoms with Crippen LogP contribution in [-0.4, -0.2) is 39.1 Å². The van der Waals surface area contributed by atoms with Gasteiger partial charge in [-0.1, -0.05) is 25.5 Å². The Balaban J connectivity index is 2.20. The van der Waals surface area contributed by atoms with Gasteiger partial charge in [-0.05, 0) is 19.8 Å². The topological polar surface area (TPSA) is 120 Å². The zero-order chi connectivity index (χ0) is 18.8. The summed E-state index contributed by atoms with van der Waals surface area (Å²) in [5.41, 5.74) is 6.10. The van der Waals surface area contributed by atoms with Gasteiger partial charge in [0.25, 0.3) is 0 Å². The number of Topliss-reactive ketones (excluding diaryl/α,β-unsaturated/α-hetero) is 1. The van der Waals surface area contributed by atoms with Gasteiger partial charge in [0, 0.05) is 38.0 Å². The minimum Gasteiger partial charge on any atom is -0.369 e. The summed E-state index contributed by atoms with van der Waals surface area (Å²) in [5, 5.41) is 10.8. The molecule has 0 aliphatic carbocycles. The van der Waals surface area contributed by atoms with E-state index < -0.39 is 11.8 Å². The van der Waals surface area contributed by atoms with Gasteiger partial charge in [-0.3, -0.25) is 19.1 Å². The lowest BCUT2D eigenvalue weighted by Crippen LogP contribution is -2.33. The fourth-order valence-corrected chi connectivity index (χ4v) is 2.47. The third kappa shape index (κ3) is 7.45. The second-order valence-corrected chi connectivity index (χ2v) is 6.42. The number of amides is 2. The van der Waals surface area contributed by atoms with Crippen LogP contribution in [0.4, 0.5) is 0 Å². The number of hydrogen-bond donors (Lipinski definition) is 2. The summed E-state index contributed by atoms with van der Waals surface area (Å²) in [4.78, 5) is 35.1. The second kappa shape index (κ2) is 10.6. The zero-order valence-corrected chi connectivity index (χ0v) is 15.3. The number of nitrogens with two attached hydrogens (primary N) is 1. The molecule has 0 saturated heterocycles. The molecule has 8 nitrogen and oxygen atoms in total. The lowest BCUT2D eigenvalue weighted by molar-refractivity contribution is -0.134. The molecule has 0 bridgehead atoms. The van der Waals surface area contributed by atoms with E-state index >= 15 is 0 Å². The van der Waals surface area contributed by atoms with E-state index in [0.717, 1.165) is 12.2 Å². The van der Waals surface area contributed by atoms with Gasteiger partial charge in [0.1, 0.15) is 5.78 Å². The van der Waals surface area contributed by atoms with Gasteiger partial charge in [0.2, 0.25) is 11.8 Å². The maximum atomic E-state index is 11.9. The van der Waals surface area contributed by atoms with Crippen molar-refractivity contribution in [1.82, 2.24) is 20.3 Å². The van der Waals surface area contributed by atoms with Gasteiger partial charge in [0.05, 0.1) is 11.6 Å². The van der Waals surface area contributed by atoms with Crippen LogP contribution < -0.4 is 11.1 Å². The predicted molar refractivity (Wildman–Crippen MR) is 93.4 cm³/mol. The van der Waals surface area contributed by atoms with Crippen molar-refractivity contribution >= 4 is 17.6 Å². The van der Waals surface area contributed by atoms with Crippen molar-refractivity contribution in [3.63, 3.8) is 0 Å². The number of primary amides is 1. The Labute approximate surface area is 148 Å². The molecule has 8 heteroatoms. The van der Waals surface area contributed by atoms with Crippen LogP contribution in [0.1, 0.15) is 52.1 Å². The molecule has 25 heavy (non-hydrogen) atoms. The Kier molecular flexibility index (Phi) is 8.80. The summed E-state index contributed by atoms with van der Waals surface area (Å²) in [6.45, 7) is 6.77. The molecule has 0 aliphatic heterocycles. The first-order valence-corrected chi connectivity index (χ1v) is 8.83. The molecule has 1 heterocycles. The highest BCUT2D eigenvalue weighted by Crippen LogP contribution is 2.14. The van der Waals surface area contributed by atoms with Crippen molar-refractivity contribution in [2.24, 2.45) is 17.6 Å². The number of nitrogens with zero attached hydrogens (tertiary/aromatic N) is 3. The molecule has 0 fully saturated rings. The molecule has 2 amide bonds. The third-order valence-corrected chi connectivity index (χ3v) is 4.02. The number of hydrogen-bond acceptors (Lipinski definition) is 5. The summed E-state index contributed by atoms with van der Waals surface area (Å²) in [5.74, 6) is -1.66. The van der Waals surface area contributed by atoms with Gasteiger partial charge in [-0.15, -0.1) is 5.10 Å². The van der Waals surface area contributed by atoms with Crippen molar-refractivity contribution in [2.45, 2.75) is 59.4 Å². The van der Waals surface area contributed by atoms with Gasteiger partial charge in [-0.2, -0.15) is 0 Å². The molecule has 0 radical (unpaired) electrons. The second-order valence-electron chi connectivity index (χ2n) is 6.42. The fourth-order valence-electron chi connectivity index (χ4n) is 2.47. The van der Waals surface area contributed by atoms with E-state index in [1.807, 2.05) is 13.1 Å². The molecule has 0 aromatic carbocycles. The fraction of sp³-hybridized carbons (Fsp3) is 0.706. The molecule has 0 saturated carbocycles. The first-order valence-electron chi connectivity index (χ1n) is 8.83. The Hall–Kier alpha value is -2.25. The highest BCUT2D eigenvalue weighted by Gasteiger charge is 2.25. The largest absolute Gasteiger partial charge is 0.369 e. The van der Waals surface area contributed by atoms with Crippen molar-refractivity contribution in [1.29, 1.82) is 0 Å². The van der Waals surface area contributed by atoms with E-state index in [9.17, 15) is 14.4 Å². The molecule has 1 aromatic rings. The van der Waals surface area contributed by atoms with Crippen LogP contribution in [0.5, 0.6) is 0 Å². The van der Waals surface area contributed by atoms with E-state index in [1.54, 1.807) is 18.5 Å². The smallest absolute Gasteiger partial charge is 0.228 e. The normalized spacial score (nSPS) is 12.2. The number of carbonyl (C=O) groups excluding carboxylic acids is 3. The quantitative estimate of drug-likeness (QED) is 0.427. The maximum Gasteiger partial charge on any atom is 0.228 e. The number of ketones is 1. The summed E-state index contributed by atoms with van der Waals surface area (Å²) in [6.07, 6.45) is 4.55. The molecule has 1 aromatic heterocycles. The van der Waals surface area contributed by atoms with Crippen LogP contribution in [0.2, 0.25) is 0 Å². The minimum absolute atomic E-state index is 0.0456. The molecule has 1 atom stereocenters. The van der Waals surface area contributed by atoms with Crippen LogP contribution in [-0.2, 0) is 27.3 Å². The average molecular weight is 351 g/mol.